The third-order valence-corrected chi connectivity index (χ3v) is 6.18. The number of aliphatic hydroxyl groups excluding tert-OH is 1. The lowest BCUT2D eigenvalue weighted by molar-refractivity contribution is 0.167. The van der Waals surface area contributed by atoms with E-state index in [4.69, 9.17) is 9.84 Å². The maximum atomic E-state index is 11.9. The summed E-state index contributed by atoms with van der Waals surface area (Å²) >= 11 is 1.90. The molecule has 124 valence electrons. The number of sulfone groups is 1. The summed E-state index contributed by atoms with van der Waals surface area (Å²) in [5.41, 5.74) is 1.67. The molecule has 2 aliphatic heterocycles. The fraction of sp³-hybridized carbons (Fsp3) is 0.400. The van der Waals surface area contributed by atoms with Crippen LogP contribution >= 0.6 is 11.8 Å². The Hall–Kier alpha value is -1.51. The van der Waals surface area contributed by atoms with Crippen molar-refractivity contribution in [1.29, 1.82) is 0 Å². The van der Waals surface area contributed by atoms with Crippen LogP contribution < -0.4 is 4.90 Å². The second-order valence-corrected chi connectivity index (χ2v) is 8.58. The van der Waals surface area contributed by atoms with Crippen molar-refractivity contribution in [3.05, 3.63) is 35.9 Å². The van der Waals surface area contributed by atoms with E-state index in [-0.39, 0.29) is 6.54 Å². The van der Waals surface area contributed by atoms with Crippen molar-refractivity contribution in [2.24, 2.45) is 0 Å². The van der Waals surface area contributed by atoms with Gasteiger partial charge in [0, 0.05) is 11.4 Å². The average molecular weight is 355 g/mol. The van der Waals surface area contributed by atoms with Gasteiger partial charge in [-0.3, -0.25) is 4.90 Å². The molecule has 6 nitrogen and oxygen atoms in total. The summed E-state index contributed by atoms with van der Waals surface area (Å²) in [5, 5.41) is 8.87. The molecular formula is C15H17NO5S2. The number of hydrogen-bond acceptors (Lipinski definition) is 6. The van der Waals surface area contributed by atoms with E-state index in [1.165, 1.54) is 10.5 Å². The first-order valence-corrected chi connectivity index (χ1v) is 10.1. The predicted molar refractivity (Wildman–Crippen MR) is 90.0 cm³/mol. The number of benzene rings is 1. The van der Waals surface area contributed by atoms with Crippen molar-refractivity contribution >= 4 is 39.0 Å². The number of rotatable bonds is 4. The van der Waals surface area contributed by atoms with Crippen LogP contribution in [0.1, 0.15) is 12.0 Å². The zero-order chi connectivity index (χ0) is 16.4. The number of cyclic esters (lactones) is 1. The normalized spacial score (nSPS) is 22.0. The van der Waals surface area contributed by atoms with E-state index in [1.807, 2.05) is 23.9 Å². The number of amides is 1. The molecule has 1 atom stereocenters. The smallest absolute Gasteiger partial charge is 0.415 e. The van der Waals surface area contributed by atoms with Crippen LogP contribution in [0.2, 0.25) is 0 Å². The van der Waals surface area contributed by atoms with Crippen LogP contribution in [0.3, 0.4) is 0 Å². The molecule has 0 aromatic heterocycles. The molecule has 1 aromatic rings. The second kappa shape index (κ2) is 6.54. The van der Waals surface area contributed by atoms with E-state index < -0.39 is 27.3 Å². The van der Waals surface area contributed by atoms with Crippen LogP contribution in [0.15, 0.2) is 30.3 Å². The molecule has 1 saturated heterocycles. The first-order chi connectivity index (χ1) is 11.0. The average Bonchev–Trinajstić information content (AvgIpc) is 2.98. The van der Waals surface area contributed by atoms with E-state index in [0.29, 0.717) is 5.69 Å². The molecule has 0 spiro atoms. The summed E-state index contributed by atoms with van der Waals surface area (Å²) in [6.45, 7) is -0.111. The Morgan fingerprint density at radius 1 is 1.30 bits per heavy atom. The number of nitrogens with zero attached hydrogens (tertiary/aromatic N) is 1. The molecule has 0 bridgehead atoms. The summed E-state index contributed by atoms with van der Waals surface area (Å²) < 4.78 is 28.1. The predicted octanol–water partition coefficient (Wildman–Crippen LogP) is 1.85. The van der Waals surface area contributed by atoms with E-state index in [0.717, 1.165) is 23.5 Å². The maximum Gasteiger partial charge on any atom is 0.415 e. The van der Waals surface area contributed by atoms with Gasteiger partial charge in [0.05, 0.1) is 6.54 Å². The lowest BCUT2D eigenvalue weighted by Gasteiger charge is -2.16. The van der Waals surface area contributed by atoms with Crippen molar-refractivity contribution in [3.8, 4) is 0 Å². The maximum absolute atomic E-state index is 11.9. The fourth-order valence-electron chi connectivity index (χ4n) is 2.56. The van der Waals surface area contributed by atoms with Gasteiger partial charge in [0.2, 0.25) is 15.3 Å². The molecule has 1 fully saturated rings. The van der Waals surface area contributed by atoms with Crippen molar-refractivity contribution < 1.29 is 23.1 Å². The molecule has 1 N–H and O–H groups in total. The number of ether oxygens (including phenoxy) is 1. The number of carbonyl (C=O) groups excluding carboxylic acids is 1. The summed E-state index contributed by atoms with van der Waals surface area (Å²) in [7, 11) is -3.84. The molecule has 0 unspecified atom stereocenters. The molecule has 23 heavy (non-hydrogen) atoms. The summed E-state index contributed by atoms with van der Waals surface area (Å²) in [6, 6.07) is 7.43. The molecule has 0 saturated carbocycles. The Morgan fingerprint density at radius 3 is 2.65 bits per heavy atom. The summed E-state index contributed by atoms with van der Waals surface area (Å²) in [5.74, 6) is 1.08. The third kappa shape index (κ3) is 3.39. The highest BCUT2D eigenvalue weighted by Gasteiger charge is 2.40. The number of thioether (sulfide) groups is 1. The SMILES string of the molecule is O=C1O[C@H](S(=O)(=O)CO)CN1c1ccc(C2=CCSCC2)cc1. The quantitative estimate of drug-likeness (QED) is 0.887. The topological polar surface area (TPSA) is 83.9 Å². The van der Waals surface area contributed by atoms with Crippen molar-refractivity contribution in [3.63, 3.8) is 0 Å². The molecule has 3 rings (SSSR count). The highest BCUT2D eigenvalue weighted by molar-refractivity contribution is 7.99. The van der Waals surface area contributed by atoms with Gasteiger partial charge in [-0.2, -0.15) is 11.8 Å². The van der Waals surface area contributed by atoms with E-state index >= 15 is 0 Å². The Bertz CT molecular complexity index is 727. The lowest BCUT2D eigenvalue weighted by atomic mass is 10.0. The fourth-order valence-corrected chi connectivity index (χ4v) is 4.18. The molecule has 0 aliphatic carbocycles. The first-order valence-electron chi connectivity index (χ1n) is 7.19. The highest BCUT2D eigenvalue weighted by atomic mass is 32.2. The zero-order valence-corrected chi connectivity index (χ0v) is 14.0. The molecular weight excluding hydrogens is 338 g/mol. The minimum Gasteiger partial charge on any atom is -0.427 e. The van der Waals surface area contributed by atoms with Crippen LogP contribution in [0.25, 0.3) is 5.57 Å². The van der Waals surface area contributed by atoms with Gasteiger partial charge in [0.1, 0.15) is 5.94 Å². The summed E-state index contributed by atoms with van der Waals surface area (Å²) in [4.78, 5) is 13.1. The summed E-state index contributed by atoms with van der Waals surface area (Å²) in [6.07, 6.45) is 2.51. The van der Waals surface area contributed by atoms with Gasteiger partial charge < -0.3 is 9.84 Å². The van der Waals surface area contributed by atoms with Gasteiger partial charge in [0.15, 0.2) is 0 Å². The second-order valence-electron chi connectivity index (χ2n) is 5.32. The Labute approximate surface area is 139 Å². The largest absolute Gasteiger partial charge is 0.427 e. The number of carbonyl (C=O) groups is 1. The van der Waals surface area contributed by atoms with Gasteiger partial charge in [-0.1, -0.05) is 18.2 Å². The molecule has 1 aromatic carbocycles. The van der Waals surface area contributed by atoms with E-state index in [2.05, 4.69) is 6.08 Å². The van der Waals surface area contributed by atoms with Crippen molar-refractivity contribution in [2.75, 3.05) is 28.9 Å². The van der Waals surface area contributed by atoms with Crippen molar-refractivity contribution in [1.82, 2.24) is 0 Å². The zero-order valence-electron chi connectivity index (χ0n) is 12.3. The van der Waals surface area contributed by atoms with Gasteiger partial charge in [-0.15, -0.1) is 0 Å². The highest BCUT2D eigenvalue weighted by Crippen LogP contribution is 2.29. The minimum absolute atomic E-state index is 0.111. The molecule has 1 amide bonds. The van der Waals surface area contributed by atoms with Crippen molar-refractivity contribution in [2.45, 2.75) is 11.9 Å². The third-order valence-electron chi connectivity index (χ3n) is 3.88. The van der Waals surface area contributed by atoms with E-state index in [9.17, 15) is 13.2 Å². The first kappa shape index (κ1) is 16.4. The number of allylic oxidation sites excluding steroid dienone is 1. The van der Waals surface area contributed by atoms with Gasteiger partial charge >= 0.3 is 6.09 Å². The number of anilines is 1. The van der Waals surface area contributed by atoms with Gasteiger partial charge in [0.25, 0.3) is 0 Å². The van der Waals surface area contributed by atoms with Crippen LogP contribution in [0.4, 0.5) is 10.5 Å². The molecule has 0 radical (unpaired) electrons. The van der Waals surface area contributed by atoms with Gasteiger partial charge in [-0.25, -0.2) is 13.2 Å². The number of hydrogen-bond donors (Lipinski definition) is 1. The van der Waals surface area contributed by atoms with Crippen LogP contribution in [0, 0.1) is 0 Å². The minimum atomic E-state index is -3.84. The van der Waals surface area contributed by atoms with E-state index in [1.54, 1.807) is 12.1 Å². The standard InChI is InChI=1S/C15H17NO5S2/c17-10-23(19,20)14-9-16(15(18)21-14)13-3-1-11(2-4-13)12-5-7-22-8-6-12/h1-5,14,17H,6-10H2/t14-/m1/s1. The Kier molecular flexibility index (Phi) is 4.65. The van der Waals surface area contributed by atoms with Crippen LogP contribution in [-0.2, 0) is 14.6 Å². The monoisotopic (exact) mass is 355 g/mol. The molecule has 8 heteroatoms. The molecule has 2 aliphatic rings. The molecule has 2 heterocycles. The Balaban J connectivity index is 1.77. The lowest BCUT2D eigenvalue weighted by Crippen LogP contribution is -2.29. The Morgan fingerprint density at radius 2 is 2.04 bits per heavy atom. The van der Waals surface area contributed by atoms with Crippen LogP contribution in [0.5, 0.6) is 0 Å². The number of aliphatic hydroxyl groups is 1. The van der Waals surface area contributed by atoms with Crippen LogP contribution in [-0.4, -0.2) is 49.0 Å². The van der Waals surface area contributed by atoms with Gasteiger partial charge in [-0.05, 0) is 35.4 Å².